The number of hydrogen-bond donors (Lipinski definition) is 0. The number of nitrogens with zero attached hydrogens (tertiary/aromatic N) is 1. The first-order valence-electron chi connectivity index (χ1n) is 8.21. The molecule has 1 aromatic heterocycles. The zero-order valence-corrected chi connectivity index (χ0v) is 15.3. The zero-order valence-electron chi connectivity index (χ0n) is 14.5. The summed E-state index contributed by atoms with van der Waals surface area (Å²) in [5.74, 6) is -0.515. The van der Waals surface area contributed by atoms with Gasteiger partial charge in [0.15, 0.2) is 12.4 Å². The number of fused-ring (bicyclic) bond motifs is 1. The Morgan fingerprint density at radius 1 is 1.27 bits per heavy atom. The fourth-order valence-corrected chi connectivity index (χ4v) is 4.04. The lowest BCUT2D eigenvalue weighted by Crippen LogP contribution is -2.30. The van der Waals surface area contributed by atoms with Gasteiger partial charge in [0.25, 0.3) is 0 Å². The highest BCUT2D eigenvalue weighted by molar-refractivity contribution is 7.92. The van der Waals surface area contributed by atoms with Crippen LogP contribution in [0.5, 0.6) is 0 Å². The molecule has 8 heteroatoms. The van der Waals surface area contributed by atoms with Gasteiger partial charge in [0, 0.05) is 12.1 Å². The van der Waals surface area contributed by atoms with Crippen molar-refractivity contribution < 1.29 is 27.2 Å². The molecule has 0 radical (unpaired) electrons. The number of rotatable bonds is 6. The summed E-state index contributed by atoms with van der Waals surface area (Å²) in [6.07, 6.45) is 1.92. The number of carbonyl (C=O) groups is 2. The molecule has 1 aliphatic rings. The summed E-state index contributed by atoms with van der Waals surface area (Å²) in [5, 5.41) is 0. The number of furan rings is 1. The number of carbonyl (C=O) groups excluding carboxylic acids is 2. The van der Waals surface area contributed by atoms with E-state index < -0.39 is 16.0 Å². The van der Waals surface area contributed by atoms with Gasteiger partial charge in [0.05, 0.1) is 17.7 Å². The third kappa shape index (κ3) is 3.37. The molecule has 0 unspecified atom stereocenters. The van der Waals surface area contributed by atoms with E-state index in [0.29, 0.717) is 30.0 Å². The molecule has 2 aromatic rings. The van der Waals surface area contributed by atoms with Crippen molar-refractivity contribution in [3.63, 3.8) is 0 Å². The number of anilines is 1. The van der Waals surface area contributed by atoms with Crippen molar-refractivity contribution in [1.29, 1.82) is 0 Å². The van der Waals surface area contributed by atoms with Crippen LogP contribution in [0.2, 0.25) is 0 Å². The maximum atomic E-state index is 12.3. The Morgan fingerprint density at radius 3 is 2.69 bits per heavy atom. The predicted molar refractivity (Wildman–Crippen MR) is 95.0 cm³/mol. The molecule has 2 heterocycles. The highest BCUT2D eigenvalue weighted by atomic mass is 32.2. The van der Waals surface area contributed by atoms with Gasteiger partial charge < -0.3 is 9.15 Å². The molecule has 138 valence electrons. The van der Waals surface area contributed by atoms with Crippen molar-refractivity contribution in [3.8, 4) is 0 Å². The summed E-state index contributed by atoms with van der Waals surface area (Å²) in [5.41, 5.74) is 2.07. The van der Waals surface area contributed by atoms with Gasteiger partial charge >= 0.3 is 5.97 Å². The third-order valence-corrected chi connectivity index (χ3v) is 6.15. The summed E-state index contributed by atoms with van der Waals surface area (Å²) in [4.78, 5) is 24.2. The van der Waals surface area contributed by atoms with E-state index in [1.165, 1.54) is 16.6 Å². The second-order valence-electron chi connectivity index (χ2n) is 5.96. The van der Waals surface area contributed by atoms with Crippen molar-refractivity contribution in [2.45, 2.75) is 20.3 Å². The average Bonchev–Trinajstić information content (AvgIpc) is 3.25. The van der Waals surface area contributed by atoms with E-state index in [0.717, 1.165) is 5.56 Å². The maximum absolute atomic E-state index is 12.3. The lowest BCUT2D eigenvalue weighted by molar-refractivity contribution is 0.0473. The van der Waals surface area contributed by atoms with Crippen LogP contribution in [0, 0.1) is 6.92 Å². The Balaban J connectivity index is 1.70. The van der Waals surface area contributed by atoms with Gasteiger partial charge in [-0.25, -0.2) is 13.2 Å². The topological polar surface area (TPSA) is 93.9 Å². The van der Waals surface area contributed by atoms with E-state index >= 15 is 0 Å². The summed E-state index contributed by atoms with van der Waals surface area (Å²) >= 11 is 0. The van der Waals surface area contributed by atoms with E-state index in [9.17, 15) is 18.0 Å². The highest BCUT2D eigenvalue weighted by Crippen LogP contribution is 2.31. The van der Waals surface area contributed by atoms with Crippen LogP contribution in [0.1, 0.15) is 39.0 Å². The van der Waals surface area contributed by atoms with E-state index in [4.69, 9.17) is 9.15 Å². The lowest BCUT2D eigenvalue weighted by Gasteiger charge is -2.18. The van der Waals surface area contributed by atoms with Crippen molar-refractivity contribution in [2.75, 3.05) is 23.2 Å². The van der Waals surface area contributed by atoms with Gasteiger partial charge in [-0.05, 0) is 50.1 Å². The van der Waals surface area contributed by atoms with Gasteiger partial charge in [0.1, 0.15) is 11.3 Å². The van der Waals surface area contributed by atoms with Crippen molar-refractivity contribution in [3.05, 3.63) is 53.0 Å². The molecular formula is C18H19NO6S. The number of hydrogen-bond acceptors (Lipinski definition) is 6. The molecular weight excluding hydrogens is 358 g/mol. The van der Waals surface area contributed by atoms with Crippen LogP contribution in [-0.2, 0) is 21.2 Å². The molecule has 3 rings (SSSR count). The Labute approximate surface area is 151 Å². The number of aryl methyl sites for hydroxylation is 1. The van der Waals surface area contributed by atoms with Crippen molar-refractivity contribution >= 4 is 27.5 Å². The quantitative estimate of drug-likeness (QED) is 0.567. The molecule has 0 spiro atoms. The van der Waals surface area contributed by atoms with E-state index in [1.807, 2.05) is 0 Å². The maximum Gasteiger partial charge on any atom is 0.342 e. The SMILES string of the molecule is CCS(=O)(=O)N1CCc2cc(C(=O)COC(=O)c3ccoc3C)ccc21. The van der Waals surface area contributed by atoms with E-state index in [-0.39, 0.29) is 23.7 Å². The minimum Gasteiger partial charge on any atom is -0.469 e. The molecule has 26 heavy (non-hydrogen) atoms. The number of Topliss-reactive ketones (excluding diaryl/α,β-unsaturated/α-hetero) is 1. The van der Waals surface area contributed by atoms with Crippen LogP contribution in [0.15, 0.2) is 34.9 Å². The molecule has 0 atom stereocenters. The largest absolute Gasteiger partial charge is 0.469 e. The van der Waals surface area contributed by atoms with Crippen LogP contribution in [0.25, 0.3) is 0 Å². The molecule has 0 saturated carbocycles. The molecule has 0 N–H and O–H groups in total. The first-order chi connectivity index (χ1) is 12.3. The molecule has 1 aromatic carbocycles. The van der Waals surface area contributed by atoms with Crippen LogP contribution >= 0.6 is 0 Å². The third-order valence-electron chi connectivity index (χ3n) is 4.37. The second-order valence-corrected chi connectivity index (χ2v) is 8.14. The second kappa shape index (κ2) is 6.95. The first kappa shape index (κ1) is 18.2. The summed E-state index contributed by atoms with van der Waals surface area (Å²) in [6, 6.07) is 6.34. The van der Waals surface area contributed by atoms with Gasteiger partial charge in [-0.2, -0.15) is 0 Å². The lowest BCUT2D eigenvalue weighted by atomic mass is 10.1. The van der Waals surface area contributed by atoms with Crippen molar-refractivity contribution in [1.82, 2.24) is 0 Å². The fourth-order valence-electron chi connectivity index (χ4n) is 2.88. The fraction of sp³-hybridized carbons (Fsp3) is 0.333. The van der Waals surface area contributed by atoms with E-state index in [1.54, 1.807) is 32.0 Å². The molecule has 1 aliphatic heterocycles. The minimum absolute atomic E-state index is 0.0243. The van der Waals surface area contributed by atoms with Crippen LogP contribution in [-0.4, -0.2) is 39.1 Å². The summed E-state index contributed by atoms with van der Waals surface area (Å²) in [7, 11) is -3.32. The Kier molecular flexibility index (Phi) is 4.86. The van der Waals surface area contributed by atoms with Crippen LogP contribution in [0.3, 0.4) is 0 Å². The summed E-state index contributed by atoms with van der Waals surface area (Å²) in [6.45, 7) is 3.22. The first-order valence-corrected chi connectivity index (χ1v) is 9.82. The average molecular weight is 377 g/mol. The number of sulfonamides is 1. The monoisotopic (exact) mass is 377 g/mol. The molecule has 0 fully saturated rings. The highest BCUT2D eigenvalue weighted by Gasteiger charge is 2.28. The minimum atomic E-state index is -3.32. The van der Waals surface area contributed by atoms with Gasteiger partial charge in [-0.3, -0.25) is 9.10 Å². The Bertz CT molecular complexity index is 960. The molecule has 7 nitrogen and oxygen atoms in total. The molecule has 0 bridgehead atoms. The Hall–Kier alpha value is -2.61. The smallest absolute Gasteiger partial charge is 0.342 e. The van der Waals surface area contributed by atoms with Crippen LogP contribution in [0.4, 0.5) is 5.69 Å². The predicted octanol–water partition coefficient (Wildman–Crippen LogP) is 2.34. The Morgan fingerprint density at radius 2 is 2.04 bits per heavy atom. The number of ketones is 1. The van der Waals surface area contributed by atoms with Crippen LogP contribution < -0.4 is 4.31 Å². The van der Waals surface area contributed by atoms with Gasteiger partial charge in [0.2, 0.25) is 10.0 Å². The zero-order chi connectivity index (χ0) is 18.9. The molecule has 0 aliphatic carbocycles. The number of esters is 1. The standard InChI is InChI=1S/C18H19NO6S/c1-3-26(22,23)19-8-6-13-10-14(4-5-16(13)19)17(20)11-25-18(21)15-7-9-24-12(15)2/h4-5,7,9-10H,3,6,8,11H2,1-2H3. The van der Waals surface area contributed by atoms with Gasteiger partial charge in [-0.1, -0.05) is 0 Å². The summed E-state index contributed by atoms with van der Waals surface area (Å²) < 4.78 is 35.6. The number of ether oxygens (including phenoxy) is 1. The van der Waals surface area contributed by atoms with Gasteiger partial charge in [-0.15, -0.1) is 0 Å². The molecule has 0 amide bonds. The van der Waals surface area contributed by atoms with Crippen molar-refractivity contribution in [2.24, 2.45) is 0 Å². The normalized spacial score (nSPS) is 13.5. The number of benzene rings is 1. The molecule has 0 saturated heterocycles. The van der Waals surface area contributed by atoms with E-state index in [2.05, 4.69) is 0 Å².